The zero-order chi connectivity index (χ0) is 11.4. The van der Waals surface area contributed by atoms with Gasteiger partial charge in [0, 0.05) is 24.8 Å². The Balaban J connectivity index is 2.27. The van der Waals surface area contributed by atoms with Crippen LogP contribution in [0.3, 0.4) is 0 Å². The Bertz CT molecular complexity index is 371. The van der Waals surface area contributed by atoms with Gasteiger partial charge < -0.3 is 10.2 Å². The van der Waals surface area contributed by atoms with Crippen LogP contribution in [0.15, 0.2) is 36.4 Å². The van der Waals surface area contributed by atoms with Gasteiger partial charge in [0.05, 0.1) is 0 Å². The van der Waals surface area contributed by atoms with E-state index in [0.717, 1.165) is 13.1 Å². The summed E-state index contributed by atoms with van der Waals surface area (Å²) < 4.78 is 0. The number of hydrogen-bond donors (Lipinski definition) is 1. The maximum atomic E-state index is 3.39. The number of anilines is 1. The van der Waals surface area contributed by atoms with Crippen LogP contribution in [0, 0.1) is 0 Å². The van der Waals surface area contributed by atoms with Crippen LogP contribution in [-0.2, 0) is 0 Å². The lowest BCUT2D eigenvalue weighted by Gasteiger charge is -2.35. The van der Waals surface area contributed by atoms with Gasteiger partial charge in [-0.25, -0.2) is 0 Å². The van der Waals surface area contributed by atoms with Crippen molar-refractivity contribution in [2.24, 2.45) is 0 Å². The van der Waals surface area contributed by atoms with Gasteiger partial charge in [0.1, 0.15) is 0 Å². The highest BCUT2D eigenvalue weighted by Crippen LogP contribution is 2.32. The summed E-state index contributed by atoms with van der Waals surface area (Å²) in [6, 6.07) is 9.22. The van der Waals surface area contributed by atoms with E-state index in [-0.39, 0.29) is 0 Å². The minimum absolute atomic E-state index is 0.512. The summed E-state index contributed by atoms with van der Waals surface area (Å²) in [5, 5.41) is 3.39. The number of fused-ring (bicyclic) bond motifs is 1. The van der Waals surface area contributed by atoms with Crippen molar-refractivity contribution in [3.63, 3.8) is 0 Å². The lowest BCUT2D eigenvalue weighted by atomic mass is 9.96. The Morgan fingerprint density at radius 1 is 1.44 bits per heavy atom. The molecule has 1 aliphatic heterocycles. The summed E-state index contributed by atoms with van der Waals surface area (Å²) in [4.78, 5) is 2.45. The van der Waals surface area contributed by atoms with Crippen molar-refractivity contribution < 1.29 is 0 Å². The van der Waals surface area contributed by atoms with Gasteiger partial charge in [-0.05, 0) is 32.0 Å². The standard InChI is InChI=1S/C14H20N2/c1-3-4-10-16-11-9-13(15-2)12-7-5-6-8-14(12)16/h3-8,13,15H,9-11H2,1-2H3/b4-3+. The molecule has 0 aromatic heterocycles. The number of para-hydroxylation sites is 1. The van der Waals surface area contributed by atoms with Crippen LogP contribution in [0.1, 0.15) is 24.9 Å². The Kier molecular flexibility index (Phi) is 3.62. The summed E-state index contributed by atoms with van der Waals surface area (Å²) in [7, 11) is 2.04. The van der Waals surface area contributed by atoms with Crippen LogP contribution < -0.4 is 10.2 Å². The van der Waals surface area contributed by atoms with Gasteiger partial charge in [0.15, 0.2) is 0 Å². The molecule has 0 amide bonds. The smallest absolute Gasteiger partial charge is 0.0417 e. The Morgan fingerprint density at radius 3 is 3.00 bits per heavy atom. The third-order valence-electron chi connectivity index (χ3n) is 3.25. The number of benzene rings is 1. The van der Waals surface area contributed by atoms with Gasteiger partial charge >= 0.3 is 0 Å². The molecule has 1 unspecified atom stereocenters. The van der Waals surface area contributed by atoms with Crippen LogP contribution >= 0.6 is 0 Å². The molecular weight excluding hydrogens is 196 g/mol. The molecule has 86 valence electrons. The second kappa shape index (κ2) is 5.17. The highest BCUT2D eigenvalue weighted by molar-refractivity contribution is 5.57. The first-order chi connectivity index (χ1) is 7.86. The van der Waals surface area contributed by atoms with E-state index in [1.165, 1.54) is 17.7 Å². The van der Waals surface area contributed by atoms with E-state index >= 15 is 0 Å². The normalized spacial score (nSPS) is 20.1. The van der Waals surface area contributed by atoms with Crippen molar-refractivity contribution in [2.45, 2.75) is 19.4 Å². The van der Waals surface area contributed by atoms with E-state index < -0.39 is 0 Å². The molecule has 0 saturated carbocycles. The first-order valence-corrected chi connectivity index (χ1v) is 5.99. The van der Waals surface area contributed by atoms with Crippen molar-refractivity contribution >= 4 is 5.69 Å². The first-order valence-electron chi connectivity index (χ1n) is 5.99. The van der Waals surface area contributed by atoms with E-state index in [9.17, 15) is 0 Å². The van der Waals surface area contributed by atoms with E-state index in [1.54, 1.807) is 0 Å². The highest BCUT2D eigenvalue weighted by atomic mass is 15.1. The molecule has 16 heavy (non-hydrogen) atoms. The van der Waals surface area contributed by atoms with E-state index in [2.05, 4.69) is 53.6 Å². The molecule has 1 aliphatic rings. The molecule has 0 bridgehead atoms. The third kappa shape index (κ3) is 2.12. The minimum atomic E-state index is 0.512. The third-order valence-corrected chi connectivity index (χ3v) is 3.25. The largest absolute Gasteiger partial charge is 0.367 e. The molecule has 0 spiro atoms. The molecule has 0 saturated heterocycles. The molecule has 1 heterocycles. The highest BCUT2D eigenvalue weighted by Gasteiger charge is 2.22. The SMILES string of the molecule is C/C=C/CN1CCC(NC)c2ccccc21. The summed E-state index contributed by atoms with van der Waals surface area (Å²) in [5.41, 5.74) is 2.81. The fourth-order valence-electron chi connectivity index (χ4n) is 2.35. The zero-order valence-corrected chi connectivity index (χ0v) is 10.1. The van der Waals surface area contributed by atoms with Crippen LogP contribution in [0.4, 0.5) is 5.69 Å². The summed E-state index contributed by atoms with van der Waals surface area (Å²) in [6.07, 6.45) is 5.52. The lowest BCUT2D eigenvalue weighted by Crippen LogP contribution is -2.34. The van der Waals surface area contributed by atoms with E-state index in [4.69, 9.17) is 0 Å². The predicted octanol–water partition coefficient (Wildman–Crippen LogP) is 2.73. The topological polar surface area (TPSA) is 15.3 Å². The number of hydrogen-bond acceptors (Lipinski definition) is 2. The molecule has 1 aromatic carbocycles. The second-order valence-corrected chi connectivity index (χ2v) is 4.20. The second-order valence-electron chi connectivity index (χ2n) is 4.20. The number of rotatable bonds is 3. The van der Waals surface area contributed by atoms with Crippen molar-refractivity contribution in [3.05, 3.63) is 42.0 Å². The number of nitrogens with one attached hydrogen (secondary N) is 1. The van der Waals surface area contributed by atoms with Crippen LogP contribution in [0.2, 0.25) is 0 Å². The molecule has 0 aliphatic carbocycles. The Hall–Kier alpha value is -1.28. The predicted molar refractivity (Wildman–Crippen MR) is 69.9 cm³/mol. The summed E-state index contributed by atoms with van der Waals surface area (Å²) >= 11 is 0. The van der Waals surface area contributed by atoms with Crippen LogP contribution in [0.5, 0.6) is 0 Å². The first kappa shape index (κ1) is 11.2. The number of nitrogens with zero attached hydrogens (tertiary/aromatic N) is 1. The van der Waals surface area contributed by atoms with Gasteiger partial charge in [-0.1, -0.05) is 30.4 Å². The molecule has 0 fully saturated rings. The van der Waals surface area contributed by atoms with Gasteiger partial charge in [-0.15, -0.1) is 0 Å². The average molecular weight is 216 g/mol. The monoisotopic (exact) mass is 216 g/mol. The van der Waals surface area contributed by atoms with Gasteiger partial charge in [-0.3, -0.25) is 0 Å². The van der Waals surface area contributed by atoms with Crippen LogP contribution in [0.25, 0.3) is 0 Å². The molecule has 2 rings (SSSR count). The molecule has 1 N–H and O–H groups in total. The van der Waals surface area contributed by atoms with Crippen LogP contribution in [-0.4, -0.2) is 20.1 Å². The maximum absolute atomic E-state index is 3.39. The molecule has 2 heteroatoms. The molecule has 0 radical (unpaired) electrons. The van der Waals surface area contributed by atoms with E-state index in [0.29, 0.717) is 6.04 Å². The summed E-state index contributed by atoms with van der Waals surface area (Å²) in [5.74, 6) is 0. The fraction of sp³-hybridized carbons (Fsp3) is 0.429. The molecule has 1 aromatic rings. The van der Waals surface area contributed by atoms with Crippen molar-refractivity contribution in [1.29, 1.82) is 0 Å². The van der Waals surface area contributed by atoms with Crippen molar-refractivity contribution in [2.75, 3.05) is 25.0 Å². The Labute approximate surface area is 98.0 Å². The van der Waals surface area contributed by atoms with Gasteiger partial charge in [-0.2, -0.15) is 0 Å². The lowest BCUT2D eigenvalue weighted by molar-refractivity contribution is 0.523. The van der Waals surface area contributed by atoms with Crippen molar-refractivity contribution in [1.82, 2.24) is 5.32 Å². The molecule has 1 atom stereocenters. The fourth-order valence-corrected chi connectivity index (χ4v) is 2.35. The average Bonchev–Trinajstić information content (AvgIpc) is 2.36. The minimum Gasteiger partial charge on any atom is -0.367 e. The maximum Gasteiger partial charge on any atom is 0.0417 e. The van der Waals surface area contributed by atoms with Gasteiger partial charge in [0.2, 0.25) is 0 Å². The summed E-state index contributed by atoms with van der Waals surface area (Å²) in [6.45, 7) is 4.23. The molecular formula is C14H20N2. The van der Waals surface area contributed by atoms with Crippen molar-refractivity contribution in [3.8, 4) is 0 Å². The Morgan fingerprint density at radius 2 is 2.25 bits per heavy atom. The quantitative estimate of drug-likeness (QED) is 0.782. The zero-order valence-electron chi connectivity index (χ0n) is 10.1. The van der Waals surface area contributed by atoms with Gasteiger partial charge in [0.25, 0.3) is 0 Å². The molecule has 2 nitrogen and oxygen atoms in total. The number of allylic oxidation sites excluding steroid dienone is 1. The van der Waals surface area contributed by atoms with E-state index in [1.807, 2.05) is 7.05 Å².